The Kier molecular flexibility index (Phi) is 5.68. The molecule has 2 aromatic carbocycles. The van der Waals surface area contributed by atoms with Crippen LogP contribution in [0.5, 0.6) is 5.75 Å². The summed E-state index contributed by atoms with van der Waals surface area (Å²) in [5.74, 6) is 1.50. The fourth-order valence-electron chi connectivity index (χ4n) is 2.03. The van der Waals surface area contributed by atoms with Gasteiger partial charge in [0.05, 0.1) is 6.61 Å². The number of anilines is 1. The van der Waals surface area contributed by atoms with Gasteiger partial charge in [0.25, 0.3) is 0 Å². The van der Waals surface area contributed by atoms with Crippen molar-refractivity contribution in [1.29, 1.82) is 0 Å². The van der Waals surface area contributed by atoms with E-state index in [0.29, 0.717) is 5.92 Å². The number of rotatable bonds is 7. The predicted octanol–water partition coefficient (Wildman–Crippen LogP) is 4.90. The van der Waals surface area contributed by atoms with Crippen molar-refractivity contribution < 1.29 is 4.74 Å². The highest BCUT2D eigenvalue weighted by molar-refractivity contribution is 5.45. The Labute approximate surface area is 128 Å². The molecule has 0 saturated carbocycles. The number of nitrogens with one attached hydrogen (secondary N) is 1. The van der Waals surface area contributed by atoms with Crippen LogP contribution in [0.1, 0.15) is 31.9 Å². The monoisotopic (exact) mass is 283 g/mol. The average molecular weight is 283 g/mol. The van der Waals surface area contributed by atoms with Crippen LogP contribution in [-0.4, -0.2) is 6.61 Å². The first kappa shape index (κ1) is 15.4. The van der Waals surface area contributed by atoms with E-state index < -0.39 is 0 Å². The van der Waals surface area contributed by atoms with Gasteiger partial charge in [-0.25, -0.2) is 0 Å². The molecule has 1 N–H and O–H groups in total. The molecule has 0 saturated heterocycles. The minimum Gasteiger partial charge on any atom is -0.493 e. The highest BCUT2D eigenvalue weighted by atomic mass is 16.5. The molecular formula is C19H25NO. The summed E-state index contributed by atoms with van der Waals surface area (Å²) in [6, 6.07) is 16.9. The second kappa shape index (κ2) is 7.72. The van der Waals surface area contributed by atoms with Crippen LogP contribution >= 0.6 is 0 Å². The maximum absolute atomic E-state index is 5.69. The molecule has 0 amide bonds. The van der Waals surface area contributed by atoms with Gasteiger partial charge in [-0.15, -0.1) is 0 Å². The first-order valence-corrected chi connectivity index (χ1v) is 7.72. The fraction of sp³-hybridized carbons (Fsp3) is 0.368. The molecule has 2 rings (SSSR count). The van der Waals surface area contributed by atoms with E-state index in [1.54, 1.807) is 0 Å². The predicted molar refractivity (Wildman–Crippen MR) is 89.9 cm³/mol. The first-order chi connectivity index (χ1) is 10.2. The molecule has 0 aliphatic rings. The van der Waals surface area contributed by atoms with Gasteiger partial charge in [-0.3, -0.25) is 0 Å². The summed E-state index contributed by atoms with van der Waals surface area (Å²) in [5.41, 5.74) is 3.78. The van der Waals surface area contributed by atoms with Crippen LogP contribution in [-0.2, 0) is 13.0 Å². The van der Waals surface area contributed by atoms with E-state index in [-0.39, 0.29) is 0 Å². The molecule has 2 nitrogen and oxygen atoms in total. The third-order valence-corrected chi connectivity index (χ3v) is 3.37. The zero-order valence-electron chi connectivity index (χ0n) is 13.2. The van der Waals surface area contributed by atoms with E-state index in [4.69, 9.17) is 4.74 Å². The highest BCUT2D eigenvalue weighted by Crippen LogP contribution is 2.15. The second-order valence-electron chi connectivity index (χ2n) is 5.75. The number of benzene rings is 2. The van der Waals surface area contributed by atoms with Crippen molar-refractivity contribution in [3.05, 3.63) is 59.7 Å². The van der Waals surface area contributed by atoms with Crippen LogP contribution in [0.15, 0.2) is 48.5 Å². The quantitative estimate of drug-likeness (QED) is 0.780. The molecule has 2 aromatic rings. The van der Waals surface area contributed by atoms with Crippen LogP contribution in [0, 0.1) is 5.92 Å². The molecule has 0 aliphatic heterocycles. The summed E-state index contributed by atoms with van der Waals surface area (Å²) in [7, 11) is 0. The molecule has 0 atom stereocenters. The van der Waals surface area contributed by atoms with E-state index in [0.717, 1.165) is 31.0 Å². The van der Waals surface area contributed by atoms with E-state index in [9.17, 15) is 0 Å². The zero-order valence-corrected chi connectivity index (χ0v) is 13.2. The lowest BCUT2D eigenvalue weighted by molar-refractivity contribution is 0.271. The van der Waals surface area contributed by atoms with Crippen molar-refractivity contribution in [2.75, 3.05) is 11.9 Å². The lowest BCUT2D eigenvalue weighted by Gasteiger charge is -2.10. The first-order valence-electron chi connectivity index (χ1n) is 7.72. The molecule has 2 heteroatoms. The minimum atomic E-state index is 0.553. The minimum absolute atomic E-state index is 0.553. The maximum Gasteiger partial charge on any atom is 0.119 e. The summed E-state index contributed by atoms with van der Waals surface area (Å²) in [4.78, 5) is 0. The van der Waals surface area contributed by atoms with E-state index in [2.05, 4.69) is 62.5 Å². The van der Waals surface area contributed by atoms with Crippen LogP contribution in [0.3, 0.4) is 0 Å². The van der Waals surface area contributed by atoms with Crippen LogP contribution in [0.4, 0.5) is 5.69 Å². The number of hydrogen-bond donors (Lipinski definition) is 1. The second-order valence-corrected chi connectivity index (χ2v) is 5.75. The Morgan fingerprint density at radius 1 is 0.905 bits per heavy atom. The van der Waals surface area contributed by atoms with Crippen LogP contribution < -0.4 is 10.1 Å². The zero-order chi connectivity index (χ0) is 15.1. The van der Waals surface area contributed by atoms with Crippen molar-refractivity contribution in [1.82, 2.24) is 0 Å². The lowest BCUT2D eigenvalue weighted by atomic mass is 10.1. The molecule has 21 heavy (non-hydrogen) atoms. The largest absolute Gasteiger partial charge is 0.493 e. The van der Waals surface area contributed by atoms with Crippen molar-refractivity contribution >= 4 is 5.69 Å². The number of hydrogen-bond acceptors (Lipinski definition) is 2. The van der Waals surface area contributed by atoms with Crippen LogP contribution in [0.25, 0.3) is 0 Å². The molecule has 112 valence electrons. The normalized spacial score (nSPS) is 10.7. The van der Waals surface area contributed by atoms with Crippen molar-refractivity contribution in [3.63, 3.8) is 0 Å². The van der Waals surface area contributed by atoms with Gasteiger partial charge in [0.15, 0.2) is 0 Å². The SMILES string of the molecule is CCc1ccc(NCc2ccc(OCC(C)C)cc2)cc1. The highest BCUT2D eigenvalue weighted by Gasteiger charge is 1.99. The molecule has 0 aromatic heterocycles. The Morgan fingerprint density at radius 3 is 2.10 bits per heavy atom. The number of ether oxygens (including phenoxy) is 1. The van der Waals surface area contributed by atoms with Crippen molar-refractivity contribution in [3.8, 4) is 5.75 Å². The Bertz CT molecular complexity index is 528. The third-order valence-electron chi connectivity index (χ3n) is 3.37. The molecule has 0 unspecified atom stereocenters. The smallest absolute Gasteiger partial charge is 0.119 e. The van der Waals surface area contributed by atoms with Gasteiger partial charge >= 0.3 is 0 Å². The Hall–Kier alpha value is -1.96. The summed E-state index contributed by atoms with van der Waals surface area (Å²) in [5, 5.41) is 3.44. The van der Waals surface area contributed by atoms with E-state index in [1.165, 1.54) is 11.1 Å². The van der Waals surface area contributed by atoms with E-state index in [1.807, 2.05) is 12.1 Å². The van der Waals surface area contributed by atoms with Gasteiger partial charge in [0.1, 0.15) is 5.75 Å². The maximum atomic E-state index is 5.69. The molecule has 0 bridgehead atoms. The summed E-state index contributed by atoms with van der Waals surface area (Å²) < 4.78 is 5.69. The van der Waals surface area contributed by atoms with Gasteiger partial charge in [-0.2, -0.15) is 0 Å². The van der Waals surface area contributed by atoms with Crippen molar-refractivity contribution in [2.45, 2.75) is 33.7 Å². The van der Waals surface area contributed by atoms with E-state index >= 15 is 0 Å². The van der Waals surface area contributed by atoms with Crippen LogP contribution in [0.2, 0.25) is 0 Å². The fourth-order valence-corrected chi connectivity index (χ4v) is 2.03. The van der Waals surface area contributed by atoms with Crippen molar-refractivity contribution in [2.24, 2.45) is 5.92 Å². The lowest BCUT2D eigenvalue weighted by Crippen LogP contribution is -2.04. The molecule has 0 aliphatic carbocycles. The average Bonchev–Trinajstić information content (AvgIpc) is 2.52. The Balaban J connectivity index is 1.85. The Morgan fingerprint density at radius 2 is 1.52 bits per heavy atom. The van der Waals surface area contributed by atoms with Gasteiger partial charge in [0, 0.05) is 12.2 Å². The number of aryl methyl sites for hydroxylation is 1. The molecule has 0 heterocycles. The summed E-state index contributed by atoms with van der Waals surface area (Å²) >= 11 is 0. The van der Waals surface area contributed by atoms with Gasteiger partial charge in [0.2, 0.25) is 0 Å². The standard InChI is InChI=1S/C19H25NO/c1-4-16-5-9-18(10-6-16)20-13-17-7-11-19(12-8-17)21-14-15(2)3/h5-12,15,20H,4,13-14H2,1-3H3. The topological polar surface area (TPSA) is 21.3 Å². The van der Waals surface area contributed by atoms with Gasteiger partial charge in [-0.1, -0.05) is 45.0 Å². The van der Waals surface area contributed by atoms with Gasteiger partial charge < -0.3 is 10.1 Å². The molecular weight excluding hydrogens is 258 g/mol. The molecule has 0 radical (unpaired) electrons. The summed E-state index contributed by atoms with van der Waals surface area (Å²) in [6.45, 7) is 8.08. The van der Waals surface area contributed by atoms with Gasteiger partial charge in [-0.05, 0) is 47.7 Å². The summed E-state index contributed by atoms with van der Waals surface area (Å²) in [6.07, 6.45) is 1.08. The molecule has 0 spiro atoms. The third kappa shape index (κ3) is 5.14. The molecule has 0 fully saturated rings.